The number of aryl methyl sites for hydroxylation is 2. The maximum atomic E-state index is 11.5. The van der Waals surface area contributed by atoms with Crippen LogP contribution in [0.3, 0.4) is 0 Å². The maximum Gasteiger partial charge on any atom is 0.349 e. The second kappa shape index (κ2) is 5.31. The smallest absolute Gasteiger partial charge is 0.349 e. The average Bonchev–Trinajstić information content (AvgIpc) is 2.72. The van der Waals surface area contributed by atoms with E-state index in [1.165, 1.54) is 29.6 Å². The maximum absolute atomic E-state index is 11.5. The van der Waals surface area contributed by atoms with Crippen LogP contribution in [0.1, 0.15) is 31.5 Å². The number of hydrogen-bond donors (Lipinski definition) is 0. The molecule has 4 heteroatoms. The Morgan fingerprint density at radius 3 is 2.72 bits per heavy atom. The van der Waals surface area contributed by atoms with Crippen LogP contribution in [-0.2, 0) is 11.2 Å². The summed E-state index contributed by atoms with van der Waals surface area (Å²) in [5, 5.41) is 0.946. The summed E-state index contributed by atoms with van der Waals surface area (Å²) in [5.41, 5.74) is 3.23. The summed E-state index contributed by atoms with van der Waals surface area (Å²) >= 11 is 1.41. The molecule has 0 radical (unpaired) electrons. The van der Waals surface area contributed by atoms with Gasteiger partial charge in [0.25, 0.3) is 0 Å². The van der Waals surface area contributed by atoms with Gasteiger partial charge < -0.3 is 4.74 Å². The third-order valence-corrected chi connectivity index (χ3v) is 3.95. The van der Waals surface area contributed by atoms with E-state index in [1.807, 2.05) is 19.1 Å². The molecule has 1 aromatic heterocycles. The number of thiazole rings is 1. The number of hydrogen-bond acceptors (Lipinski definition) is 4. The van der Waals surface area contributed by atoms with Crippen LogP contribution in [0.25, 0.3) is 0 Å². The monoisotopic (exact) mass is 261 g/mol. The van der Waals surface area contributed by atoms with Gasteiger partial charge in [-0.3, -0.25) is 0 Å². The van der Waals surface area contributed by atoms with Crippen molar-refractivity contribution in [2.45, 2.75) is 20.3 Å². The van der Waals surface area contributed by atoms with Crippen LogP contribution in [0.5, 0.6) is 0 Å². The molecule has 1 aromatic carbocycles. The van der Waals surface area contributed by atoms with E-state index < -0.39 is 0 Å². The topological polar surface area (TPSA) is 39.2 Å². The van der Waals surface area contributed by atoms with Gasteiger partial charge in [-0.1, -0.05) is 24.3 Å². The fourth-order valence-corrected chi connectivity index (χ4v) is 2.79. The van der Waals surface area contributed by atoms with Crippen molar-refractivity contribution in [2.24, 2.45) is 0 Å². The SMILES string of the molecule is COC(=O)c1sc(Cc2ccccc2C)nc1C. The van der Waals surface area contributed by atoms with Crippen molar-refractivity contribution in [3.8, 4) is 0 Å². The van der Waals surface area contributed by atoms with Gasteiger partial charge in [0.15, 0.2) is 0 Å². The number of ether oxygens (including phenoxy) is 1. The molecule has 94 valence electrons. The van der Waals surface area contributed by atoms with Crippen LogP contribution in [0, 0.1) is 13.8 Å². The summed E-state index contributed by atoms with van der Waals surface area (Å²) < 4.78 is 4.74. The highest BCUT2D eigenvalue weighted by Gasteiger charge is 2.15. The molecule has 0 N–H and O–H groups in total. The molecule has 0 amide bonds. The summed E-state index contributed by atoms with van der Waals surface area (Å²) in [6, 6.07) is 8.21. The van der Waals surface area contributed by atoms with E-state index >= 15 is 0 Å². The Kier molecular flexibility index (Phi) is 3.77. The highest BCUT2D eigenvalue weighted by Crippen LogP contribution is 2.22. The lowest BCUT2D eigenvalue weighted by Crippen LogP contribution is -1.99. The van der Waals surface area contributed by atoms with Crippen LogP contribution in [0.15, 0.2) is 24.3 Å². The Balaban J connectivity index is 2.26. The van der Waals surface area contributed by atoms with E-state index in [0.717, 1.165) is 17.1 Å². The first-order chi connectivity index (χ1) is 8.61. The second-order valence-corrected chi connectivity index (χ2v) is 5.20. The fourth-order valence-electron chi connectivity index (χ4n) is 1.78. The summed E-state index contributed by atoms with van der Waals surface area (Å²) in [4.78, 5) is 16.5. The van der Waals surface area contributed by atoms with Crippen molar-refractivity contribution in [3.63, 3.8) is 0 Å². The first kappa shape index (κ1) is 12.8. The largest absolute Gasteiger partial charge is 0.465 e. The Morgan fingerprint density at radius 1 is 1.33 bits per heavy atom. The number of nitrogens with zero attached hydrogens (tertiary/aromatic N) is 1. The van der Waals surface area contributed by atoms with Crippen molar-refractivity contribution in [1.29, 1.82) is 0 Å². The molecule has 0 aliphatic rings. The van der Waals surface area contributed by atoms with Crippen molar-refractivity contribution >= 4 is 17.3 Å². The lowest BCUT2D eigenvalue weighted by Gasteiger charge is -2.01. The van der Waals surface area contributed by atoms with Crippen molar-refractivity contribution in [1.82, 2.24) is 4.98 Å². The van der Waals surface area contributed by atoms with Gasteiger partial charge in [-0.2, -0.15) is 0 Å². The molecule has 0 atom stereocenters. The molecule has 18 heavy (non-hydrogen) atoms. The van der Waals surface area contributed by atoms with Crippen LogP contribution < -0.4 is 0 Å². The van der Waals surface area contributed by atoms with E-state index in [1.54, 1.807) is 0 Å². The number of esters is 1. The van der Waals surface area contributed by atoms with Gasteiger partial charge in [0, 0.05) is 6.42 Å². The molecule has 2 rings (SSSR count). The molecular formula is C14H15NO2S. The Labute approximate surface area is 110 Å². The highest BCUT2D eigenvalue weighted by atomic mass is 32.1. The molecule has 3 nitrogen and oxygen atoms in total. The van der Waals surface area contributed by atoms with Crippen LogP contribution >= 0.6 is 11.3 Å². The van der Waals surface area contributed by atoms with E-state index in [4.69, 9.17) is 4.74 Å². The number of aromatic nitrogens is 1. The second-order valence-electron chi connectivity index (χ2n) is 4.12. The summed E-state index contributed by atoms with van der Waals surface area (Å²) in [5.74, 6) is -0.305. The highest BCUT2D eigenvalue weighted by molar-refractivity contribution is 7.13. The molecule has 2 aromatic rings. The fraction of sp³-hybridized carbons (Fsp3) is 0.286. The summed E-state index contributed by atoms with van der Waals surface area (Å²) in [6.45, 7) is 3.92. The Hall–Kier alpha value is -1.68. The number of carbonyl (C=O) groups is 1. The molecule has 0 aliphatic carbocycles. The molecule has 1 heterocycles. The first-order valence-electron chi connectivity index (χ1n) is 5.71. The standard InChI is InChI=1S/C14H15NO2S/c1-9-6-4-5-7-11(9)8-12-15-10(2)13(18-12)14(16)17-3/h4-7H,8H2,1-3H3. The van der Waals surface area contributed by atoms with Gasteiger partial charge in [-0.05, 0) is 25.0 Å². The zero-order chi connectivity index (χ0) is 13.1. The van der Waals surface area contributed by atoms with E-state index in [9.17, 15) is 4.79 Å². The van der Waals surface area contributed by atoms with Gasteiger partial charge in [-0.25, -0.2) is 9.78 Å². The number of methoxy groups -OCH3 is 1. The zero-order valence-corrected chi connectivity index (χ0v) is 11.5. The number of carbonyl (C=O) groups excluding carboxylic acids is 1. The molecule has 0 spiro atoms. The summed E-state index contributed by atoms with van der Waals surface area (Å²) in [6.07, 6.45) is 0.759. The quantitative estimate of drug-likeness (QED) is 0.797. The predicted molar refractivity (Wildman–Crippen MR) is 72.2 cm³/mol. The van der Waals surface area contributed by atoms with Gasteiger partial charge in [0.1, 0.15) is 4.88 Å². The van der Waals surface area contributed by atoms with E-state index in [-0.39, 0.29) is 5.97 Å². The number of rotatable bonds is 3. The molecule has 0 saturated heterocycles. The van der Waals surface area contributed by atoms with E-state index in [2.05, 4.69) is 24.0 Å². The lowest BCUT2D eigenvalue weighted by atomic mass is 10.1. The first-order valence-corrected chi connectivity index (χ1v) is 6.52. The van der Waals surface area contributed by atoms with Gasteiger partial charge in [0.05, 0.1) is 17.8 Å². The predicted octanol–water partition coefficient (Wildman–Crippen LogP) is 3.14. The molecule has 0 bridgehead atoms. The molecule has 0 aliphatic heterocycles. The average molecular weight is 261 g/mol. The van der Waals surface area contributed by atoms with Crippen LogP contribution in [0.2, 0.25) is 0 Å². The molecule has 0 fully saturated rings. The van der Waals surface area contributed by atoms with Gasteiger partial charge in [0.2, 0.25) is 0 Å². The minimum Gasteiger partial charge on any atom is -0.465 e. The number of benzene rings is 1. The summed E-state index contributed by atoms with van der Waals surface area (Å²) in [7, 11) is 1.39. The Morgan fingerprint density at radius 2 is 2.06 bits per heavy atom. The van der Waals surface area contributed by atoms with Crippen LogP contribution in [-0.4, -0.2) is 18.1 Å². The van der Waals surface area contributed by atoms with Crippen LogP contribution in [0.4, 0.5) is 0 Å². The molecule has 0 saturated carbocycles. The lowest BCUT2D eigenvalue weighted by molar-refractivity contribution is 0.0605. The van der Waals surface area contributed by atoms with Gasteiger partial charge >= 0.3 is 5.97 Å². The third kappa shape index (κ3) is 2.59. The Bertz CT molecular complexity index is 575. The minimum absolute atomic E-state index is 0.305. The third-order valence-electron chi connectivity index (χ3n) is 2.81. The normalized spacial score (nSPS) is 10.4. The molecule has 0 unspecified atom stereocenters. The van der Waals surface area contributed by atoms with E-state index in [0.29, 0.717) is 4.88 Å². The molecular weight excluding hydrogens is 246 g/mol. The van der Waals surface area contributed by atoms with Crippen molar-refractivity contribution < 1.29 is 9.53 Å². The van der Waals surface area contributed by atoms with Crippen molar-refractivity contribution in [2.75, 3.05) is 7.11 Å². The zero-order valence-electron chi connectivity index (χ0n) is 10.7. The minimum atomic E-state index is -0.305. The van der Waals surface area contributed by atoms with Crippen molar-refractivity contribution in [3.05, 3.63) is 51.0 Å². The van der Waals surface area contributed by atoms with Gasteiger partial charge in [-0.15, -0.1) is 11.3 Å².